The maximum Gasteiger partial charge on any atom is 0.192 e. The van der Waals surface area contributed by atoms with Crippen molar-refractivity contribution in [1.29, 1.82) is 0 Å². The number of aryl methyl sites for hydroxylation is 2. The highest BCUT2D eigenvalue weighted by Gasteiger charge is 2.07. The van der Waals surface area contributed by atoms with Crippen LogP contribution >= 0.6 is 0 Å². The van der Waals surface area contributed by atoms with Crippen molar-refractivity contribution < 1.29 is 4.42 Å². The normalized spacial score (nSPS) is 10.6. The van der Waals surface area contributed by atoms with Gasteiger partial charge in [-0.3, -0.25) is 4.79 Å². The van der Waals surface area contributed by atoms with Gasteiger partial charge < -0.3 is 4.42 Å². The molecule has 16 heavy (non-hydrogen) atoms. The Hall–Kier alpha value is -1.83. The summed E-state index contributed by atoms with van der Waals surface area (Å²) in [6.07, 6.45) is 2.53. The fourth-order valence-electron chi connectivity index (χ4n) is 1.91. The monoisotopic (exact) mass is 214 g/mol. The third kappa shape index (κ3) is 1.78. The van der Waals surface area contributed by atoms with E-state index in [9.17, 15) is 4.79 Å². The molecule has 0 saturated carbocycles. The van der Waals surface area contributed by atoms with E-state index in [1.54, 1.807) is 6.92 Å². The van der Waals surface area contributed by atoms with Gasteiger partial charge in [-0.05, 0) is 37.5 Å². The Morgan fingerprint density at radius 3 is 2.75 bits per heavy atom. The minimum absolute atomic E-state index is 0.0211. The second-order valence-corrected chi connectivity index (χ2v) is 4.01. The van der Waals surface area contributed by atoms with Crippen LogP contribution < -0.4 is 5.43 Å². The van der Waals surface area contributed by atoms with E-state index in [1.807, 2.05) is 25.1 Å². The van der Waals surface area contributed by atoms with Crippen molar-refractivity contribution in [2.24, 2.45) is 0 Å². The van der Waals surface area contributed by atoms with Crippen LogP contribution in [0.15, 0.2) is 40.1 Å². The lowest BCUT2D eigenvalue weighted by Crippen LogP contribution is -2.02. The zero-order valence-corrected chi connectivity index (χ0v) is 9.54. The maximum atomic E-state index is 11.8. The Morgan fingerprint density at radius 2 is 2.06 bits per heavy atom. The van der Waals surface area contributed by atoms with Crippen LogP contribution in [0, 0.1) is 13.8 Å². The van der Waals surface area contributed by atoms with Gasteiger partial charge in [-0.25, -0.2) is 0 Å². The van der Waals surface area contributed by atoms with Gasteiger partial charge in [0, 0.05) is 6.07 Å². The Morgan fingerprint density at radius 1 is 1.31 bits per heavy atom. The molecule has 0 aliphatic rings. The standard InChI is InChI=1S/C14H14O2/c1-4-5-11-6-9(2)7-12-13(15)8-10(3)16-14(11)12/h4,6-8H,1,5H2,2-3H3. The van der Waals surface area contributed by atoms with E-state index in [0.717, 1.165) is 11.1 Å². The van der Waals surface area contributed by atoms with Crippen molar-refractivity contribution >= 4 is 11.0 Å². The van der Waals surface area contributed by atoms with E-state index < -0.39 is 0 Å². The second-order valence-electron chi connectivity index (χ2n) is 4.01. The second kappa shape index (κ2) is 3.97. The van der Waals surface area contributed by atoms with Crippen LogP contribution in [0.25, 0.3) is 11.0 Å². The van der Waals surface area contributed by atoms with Crippen LogP contribution in [-0.4, -0.2) is 0 Å². The van der Waals surface area contributed by atoms with Gasteiger partial charge in [0.25, 0.3) is 0 Å². The smallest absolute Gasteiger partial charge is 0.192 e. The lowest BCUT2D eigenvalue weighted by atomic mass is 10.0. The van der Waals surface area contributed by atoms with Gasteiger partial charge in [0.1, 0.15) is 11.3 Å². The largest absolute Gasteiger partial charge is 0.461 e. The molecule has 0 unspecified atom stereocenters. The summed E-state index contributed by atoms with van der Waals surface area (Å²) < 4.78 is 5.63. The summed E-state index contributed by atoms with van der Waals surface area (Å²) in [4.78, 5) is 11.8. The summed E-state index contributed by atoms with van der Waals surface area (Å²) in [5, 5.41) is 0.655. The number of allylic oxidation sites excluding steroid dienone is 1. The number of hydrogen-bond acceptors (Lipinski definition) is 2. The molecule has 1 aromatic carbocycles. The van der Waals surface area contributed by atoms with E-state index in [2.05, 4.69) is 6.58 Å². The van der Waals surface area contributed by atoms with Crippen molar-refractivity contribution in [3.8, 4) is 0 Å². The highest BCUT2D eigenvalue weighted by Crippen LogP contribution is 2.20. The van der Waals surface area contributed by atoms with E-state index in [0.29, 0.717) is 23.2 Å². The first-order valence-electron chi connectivity index (χ1n) is 5.26. The Labute approximate surface area is 94.2 Å². The first kappa shape index (κ1) is 10.7. The lowest BCUT2D eigenvalue weighted by Gasteiger charge is -2.05. The first-order valence-corrected chi connectivity index (χ1v) is 5.26. The van der Waals surface area contributed by atoms with Crippen LogP contribution in [0.1, 0.15) is 16.9 Å². The van der Waals surface area contributed by atoms with Crippen LogP contribution in [0.3, 0.4) is 0 Å². The Balaban J connectivity index is 2.89. The summed E-state index contributed by atoms with van der Waals surface area (Å²) in [6.45, 7) is 7.49. The predicted octanol–water partition coefficient (Wildman–Crippen LogP) is 3.14. The molecule has 0 aliphatic carbocycles. The summed E-state index contributed by atoms with van der Waals surface area (Å²) in [6, 6.07) is 5.43. The van der Waals surface area contributed by atoms with Gasteiger partial charge in [0.15, 0.2) is 5.43 Å². The molecule has 0 spiro atoms. The molecule has 2 rings (SSSR count). The number of hydrogen-bond donors (Lipinski definition) is 0. The van der Waals surface area contributed by atoms with Crippen LogP contribution in [0.4, 0.5) is 0 Å². The van der Waals surface area contributed by atoms with Crippen molar-refractivity contribution in [1.82, 2.24) is 0 Å². The average molecular weight is 214 g/mol. The van der Waals surface area contributed by atoms with Gasteiger partial charge >= 0.3 is 0 Å². The number of rotatable bonds is 2. The quantitative estimate of drug-likeness (QED) is 0.719. The van der Waals surface area contributed by atoms with Gasteiger partial charge in [0.05, 0.1) is 5.39 Å². The van der Waals surface area contributed by atoms with Gasteiger partial charge in [-0.1, -0.05) is 12.1 Å². The van der Waals surface area contributed by atoms with Gasteiger partial charge in [-0.2, -0.15) is 0 Å². The lowest BCUT2D eigenvalue weighted by molar-refractivity contribution is 0.561. The molecular weight excluding hydrogens is 200 g/mol. The molecular formula is C14H14O2. The minimum Gasteiger partial charge on any atom is -0.461 e. The summed E-state index contributed by atoms with van der Waals surface area (Å²) in [5.74, 6) is 0.645. The molecule has 2 heteroatoms. The molecule has 0 bridgehead atoms. The molecule has 0 N–H and O–H groups in total. The molecule has 0 saturated heterocycles. The predicted molar refractivity (Wildman–Crippen MR) is 65.9 cm³/mol. The Kier molecular flexibility index (Phi) is 2.65. The van der Waals surface area contributed by atoms with E-state index in [4.69, 9.17) is 4.42 Å². The van der Waals surface area contributed by atoms with Crippen molar-refractivity contribution in [2.45, 2.75) is 20.3 Å². The molecule has 1 aromatic heterocycles. The minimum atomic E-state index is 0.0211. The molecule has 2 nitrogen and oxygen atoms in total. The van der Waals surface area contributed by atoms with Crippen LogP contribution in [-0.2, 0) is 6.42 Å². The molecule has 2 aromatic rings. The first-order chi connectivity index (χ1) is 7.61. The summed E-state index contributed by atoms with van der Waals surface area (Å²) in [7, 11) is 0. The topological polar surface area (TPSA) is 30.2 Å². The molecule has 0 amide bonds. The third-order valence-electron chi connectivity index (χ3n) is 2.54. The molecule has 0 fully saturated rings. The zero-order chi connectivity index (χ0) is 11.7. The van der Waals surface area contributed by atoms with Gasteiger partial charge in [0.2, 0.25) is 0 Å². The summed E-state index contributed by atoms with van der Waals surface area (Å²) >= 11 is 0. The van der Waals surface area contributed by atoms with E-state index in [-0.39, 0.29) is 5.43 Å². The fourth-order valence-corrected chi connectivity index (χ4v) is 1.91. The number of fused-ring (bicyclic) bond motifs is 1. The highest BCUT2D eigenvalue weighted by atomic mass is 16.3. The molecule has 0 aliphatic heterocycles. The maximum absolute atomic E-state index is 11.8. The average Bonchev–Trinajstić information content (AvgIpc) is 2.20. The summed E-state index contributed by atoms with van der Waals surface area (Å²) in [5.41, 5.74) is 2.80. The fraction of sp³-hybridized carbons (Fsp3) is 0.214. The third-order valence-corrected chi connectivity index (χ3v) is 2.54. The van der Waals surface area contributed by atoms with Crippen LogP contribution in [0.2, 0.25) is 0 Å². The van der Waals surface area contributed by atoms with Crippen molar-refractivity contribution in [3.05, 3.63) is 58.0 Å². The molecule has 1 heterocycles. The SMILES string of the molecule is C=CCc1cc(C)cc2c(=O)cc(C)oc12. The number of benzene rings is 1. The Bertz CT molecular complexity index is 606. The van der Waals surface area contributed by atoms with Crippen LogP contribution in [0.5, 0.6) is 0 Å². The molecule has 0 radical (unpaired) electrons. The van der Waals surface area contributed by atoms with Crippen molar-refractivity contribution in [3.63, 3.8) is 0 Å². The zero-order valence-electron chi connectivity index (χ0n) is 9.54. The van der Waals surface area contributed by atoms with E-state index >= 15 is 0 Å². The van der Waals surface area contributed by atoms with E-state index in [1.165, 1.54) is 6.07 Å². The highest BCUT2D eigenvalue weighted by molar-refractivity contribution is 5.80. The van der Waals surface area contributed by atoms with Crippen molar-refractivity contribution in [2.75, 3.05) is 0 Å². The van der Waals surface area contributed by atoms with Gasteiger partial charge in [-0.15, -0.1) is 6.58 Å². The molecule has 0 atom stereocenters. The molecule has 82 valence electrons.